The van der Waals surface area contributed by atoms with E-state index in [9.17, 15) is 4.79 Å². The number of aryl methyl sites for hydroxylation is 1. The molecule has 2 rings (SSSR count). The van der Waals surface area contributed by atoms with Crippen molar-refractivity contribution in [1.29, 1.82) is 0 Å². The number of nitrogens with one attached hydrogen (secondary N) is 2. The minimum atomic E-state index is -0.290. The number of ether oxygens (including phenoxy) is 1. The SMILES string of the molecule is Cc1nc(NCCC(C)C)cc(C(=O)Nc2ccccc2OC(C)C)n1. The van der Waals surface area contributed by atoms with Crippen LogP contribution in [-0.4, -0.2) is 28.5 Å². The molecule has 0 bridgehead atoms. The summed E-state index contributed by atoms with van der Waals surface area (Å²) in [6.45, 7) is 10.8. The molecule has 6 heteroatoms. The van der Waals surface area contributed by atoms with E-state index < -0.39 is 0 Å². The molecule has 0 saturated heterocycles. The Labute approximate surface area is 155 Å². The second-order valence-corrected chi connectivity index (χ2v) is 6.91. The van der Waals surface area contributed by atoms with E-state index in [2.05, 4.69) is 34.4 Å². The highest BCUT2D eigenvalue weighted by atomic mass is 16.5. The first-order chi connectivity index (χ1) is 12.3. The highest BCUT2D eigenvalue weighted by Crippen LogP contribution is 2.25. The Bertz CT molecular complexity index is 744. The topological polar surface area (TPSA) is 76.1 Å². The smallest absolute Gasteiger partial charge is 0.274 e. The summed E-state index contributed by atoms with van der Waals surface area (Å²) in [6.07, 6.45) is 1.05. The zero-order valence-electron chi connectivity index (χ0n) is 16.2. The normalized spacial score (nSPS) is 10.9. The summed E-state index contributed by atoms with van der Waals surface area (Å²) in [5, 5.41) is 6.14. The maximum Gasteiger partial charge on any atom is 0.274 e. The highest BCUT2D eigenvalue weighted by molar-refractivity contribution is 6.04. The highest BCUT2D eigenvalue weighted by Gasteiger charge is 2.14. The molecule has 0 saturated carbocycles. The lowest BCUT2D eigenvalue weighted by molar-refractivity contribution is 0.102. The number of carbonyl (C=O) groups excluding carboxylic acids is 1. The fourth-order valence-corrected chi connectivity index (χ4v) is 2.38. The van der Waals surface area contributed by atoms with Crippen LogP contribution >= 0.6 is 0 Å². The molecular weight excluding hydrogens is 328 g/mol. The molecule has 0 atom stereocenters. The van der Waals surface area contributed by atoms with Gasteiger partial charge in [-0.25, -0.2) is 9.97 Å². The van der Waals surface area contributed by atoms with E-state index in [1.54, 1.807) is 13.0 Å². The van der Waals surface area contributed by atoms with E-state index in [4.69, 9.17) is 4.74 Å². The van der Waals surface area contributed by atoms with Gasteiger partial charge in [-0.3, -0.25) is 4.79 Å². The summed E-state index contributed by atoms with van der Waals surface area (Å²) in [4.78, 5) is 21.3. The van der Waals surface area contributed by atoms with Crippen LogP contribution in [0.4, 0.5) is 11.5 Å². The van der Waals surface area contributed by atoms with Gasteiger partial charge in [0.1, 0.15) is 23.1 Å². The quantitative estimate of drug-likeness (QED) is 0.738. The van der Waals surface area contributed by atoms with E-state index in [0.717, 1.165) is 13.0 Å². The van der Waals surface area contributed by atoms with Crippen molar-refractivity contribution in [1.82, 2.24) is 9.97 Å². The number of nitrogens with zero attached hydrogens (tertiary/aromatic N) is 2. The summed E-state index contributed by atoms with van der Waals surface area (Å²) in [5.74, 6) is 2.16. The molecule has 0 aliphatic rings. The van der Waals surface area contributed by atoms with Crippen molar-refractivity contribution >= 4 is 17.4 Å². The predicted molar refractivity (Wildman–Crippen MR) is 105 cm³/mol. The molecule has 0 unspecified atom stereocenters. The van der Waals surface area contributed by atoms with Crippen LogP contribution in [0.3, 0.4) is 0 Å². The van der Waals surface area contributed by atoms with E-state index in [-0.39, 0.29) is 12.0 Å². The number of hydrogen-bond acceptors (Lipinski definition) is 5. The van der Waals surface area contributed by atoms with Crippen LogP contribution in [0.1, 0.15) is 50.4 Å². The van der Waals surface area contributed by atoms with Crippen LogP contribution in [0.25, 0.3) is 0 Å². The van der Waals surface area contributed by atoms with E-state index >= 15 is 0 Å². The summed E-state index contributed by atoms with van der Waals surface area (Å²) in [6, 6.07) is 9.05. The molecule has 0 aliphatic carbocycles. The van der Waals surface area contributed by atoms with Crippen LogP contribution in [0.2, 0.25) is 0 Å². The van der Waals surface area contributed by atoms with Crippen molar-refractivity contribution < 1.29 is 9.53 Å². The Kier molecular flexibility index (Phi) is 6.95. The average molecular weight is 356 g/mol. The molecule has 2 aromatic rings. The van der Waals surface area contributed by atoms with Crippen molar-refractivity contribution in [2.45, 2.75) is 47.1 Å². The Morgan fingerprint density at radius 1 is 1.15 bits per heavy atom. The summed E-state index contributed by atoms with van der Waals surface area (Å²) < 4.78 is 5.75. The Hall–Kier alpha value is -2.63. The Morgan fingerprint density at radius 2 is 1.88 bits per heavy atom. The van der Waals surface area contributed by atoms with Gasteiger partial charge in [0.25, 0.3) is 5.91 Å². The number of amides is 1. The lowest BCUT2D eigenvalue weighted by atomic mass is 10.1. The molecule has 0 aliphatic heterocycles. The van der Waals surface area contributed by atoms with E-state index in [1.165, 1.54) is 0 Å². The van der Waals surface area contributed by atoms with Crippen LogP contribution in [0, 0.1) is 12.8 Å². The molecule has 0 radical (unpaired) electrons. The number of carbonyl (C=O) groups is 1. The van der Waals surface area contributed by atoms with Gasteiger partial charge >= 0.3 is 0 Å². The third kappa shape index (κ3) is 6.02. The van der Waals surface area contributed by atoms with Gasteiger partial charge in [-0.1, -0.05) is 26.0 Å². The van der Waals surface area contributed by atoms with Crippen molar-refractivity contribution in [2.24, 2.45) is 5.92 Å². The number of hydrogen-bond donors (Lipinski definition) is 2. The fraction of sp³-hybridized carbons (Fsp3) is 0.450. The molecule has 0 spiro atoms. The Morgan fingerprint density at radius 3 is 2.58 bits per heavy atom. The lowest BCUT2D eigenvalue weighted by Gasteiger charge is -2.15. The number of para-hydroxylation sites is 2. The van der Waals surface area contributed by atoms with Gasteiger partial charge in [0, 0.05) is 12.6 Å². The third-order valence-electron chi connectivity index (χ3n) is 3.60. The second-order valence-electron chi connectivity index (χ2n) is 6.91. The Balaban J connectivity index is 2.13. The molecule has 26 heavy (non-hydrogen) atoms. The second kappa shape index (κ2) is 9.17. The number of rotatable bonds is 8. The summed E-state index contributed by atoms with van der Waals surface area (Å²) >= 11 is 0. The molecule has 2 N–H and O–H groups in total. The van der Waals surface area contributed by atoms with Crippen LogP contribution in [0.15, 0.2) is 30.3 Å². The zero-order chi connectivity index (χ0) is 19.1. The standard InChI is InChI=1S/C20H28N4O2/c1-13(2)10-11-21-19-12-17(22-15(5)23-19)20(25)24-16-8-6-7-9-18(16)26-14(3)4/h6-9,12-14H,10-11H2,1-5H3,(H,24,25)(H,21,22,23). The minimum absolute atomic E-state index is 0.0195. The van der Waals surface area contributed by atoms with Crippen molar-refractivity contribution in [3.05, 3.63) is 41.9 Å². The van der Waals surface area contributed by atoms with E-state index in [1.807, 2.05) is 38.1 Å². The van der Waals surface area contributed by atoms with Gasteiger partial charge in [-0.15, -0.1) is 0 Å². The maximum atomic E-state index is 12.7. The minimum Gasteiger partial charge on any atom is -0.489 e. The van der Waals surface area contributed by atoms with Crippen molar-refractivity contribution in [3.63, 3.8) is 0 Å². The number of aromatic nitrogens is 2. The molecule has 1 heterocycles. The van der Waals surface area contributed by atoms with E-state index in [0.29, 0.717) is 34.7 Å². The number of benzene rings is 1. The van der Waals surface area contributed by atoms with Gasteiger partial charge < -0.3 is 15.4 Å². The van der Waals surface area contributed by atoms with Crippen LogP contribution < -0.4 is 15.4 Å². The molecule has 0 fully saturated rings. The molecule has 6 nitrogen and oxygen atoms in total. The van der Waals surface area contributed by atoms with Crippen molar-refractivity contribution in [2.75, 3.05) is 17.2 Å². The van der Waals surface area contributed by atoms with Crippen molar-refractivity contribution in [3.8, 4) is 5.75 Å². The zero-order valence-corrected chi connectivity index (χ0v) is 16.2. The molecule has 1 aromatic heterocycles. The van der Waals surface area contributed by atoms with Crippen LogP contribution in [-0.2, 0) is 0 Å². The van der Waals surface area contributed by atoms with Gasteiger partial charge in [-0.2, -0.15) is 0 Å². The maximum absolute atomic E-state index is 12.7. The molecule has 1 amide bonds. The summed E-state index contributed by atoms with van der Waals surface area (Å²) in [7, 11) is 0. The third-order valence-corrected chi connectivity index (χ3v) is 3.60. The predicted octanol–water partition coefficient (Wildman–Crippen LogP) is 4.28. The largest absolute Gasteiger partial charge is 0.489 e. The molecule has 1 aromatic carbocycles. The lowest BCUT2D eigenvalue weighted by Crippen LogP contribution is -2.17. The first kappa shape index (κ1) is 19.7. The van der Waals surface area contributed by atoms with Gasteiger partial charge in [0.15, 0.2) is 0 Å². The van der Waals surface area contributed by atoms with Gasteiger partial charge in [-0.05, 0) is 45.2 Å². The van der Waals surface area contributed by atoms with Gasteiger partial charge in [0.2, 0.25) is 0 Å². The average Bonchev–Trinajstić information content (AvgIpc) is 2.55. The molecular formula is C20H28N4O2. The van der Waals surface area contributed by atoms with Gasteiger partial charge in [0.05, 0.1) is 11.8 Å². The fourth-order valence-electron chi connectivity index (χ4n) is 2.38. The first-order valence-corrected chi connectivity index (χ1v) is 9.01. The monoisotopic (exact) mass is 356 g/mol. The first-order valence-electron chi connectivity index (χ1n) is 9.01. The number of anilines is 2. The van der Waals surface area contributed by atoms with Crippen LogP contribution in [0.5, 0.6) is 5.75 Å². The molecule has 140 valence electrons. The summed E-state index contributed by atoms with van der Waals surface area (Å²) in [5.41, 5.74) is 0.945.